The van der Waals surface area contributed by atoms with Crippen molar-refractivity contribution in [2.75, 3.05) is 19.6 Å². The van der Waals surface area contributed by atoms with E-state index in [0.29, 0.717) is 19.5 Å². The van der Waals surface area contributed by atoms with Crippen molar-refractivity contribution in [2.24, 2.45) is 5.41 Å². The van der Waals surface area contributed by atoms with E-state index < -0.39 is 11.4 Å². The number of carbonyl (C=O) groups excluding carboxylic acids is 1. The standard InChI is InChI=1S/C12H20N2O3/c1-3-12(2,10(15)16)9-13-11(17)14-7-5-4-6-8-14/h4-5H,3,6-9H2,1-2H3,(H,13,17)(H,15,16). The van der Waals surface area contributed by atoms with Crippen LogP contribution in [0, 0.1) is 5.41 Å². The Kier molecular flexibility index (Phi) is 4.54. The lowest BCUT2D eigenvalue weighted by atomic mass is 9.88. The molecule has 1 aliphatic heterocycles. The number of hydrogen-bond acceptors (Lipinski definition) is 2. The molecular weight excluding hydrogens is 220 g/mol. The van der Waals surface area contributed by atoms with Gasteiger partial charge in [0.1, 0.15) is 0 Å². The van der Waals surface area contributed by atoms with E-state index in [4.69, 9.17) is 5.11 Å². The Hall–Kier alpha value is -1.52. The zero-order chi connectivity index (χ0) is 12.9. The number of hydrogen-bond donors (Lipinski definition) is 2. The Morgan fingerprint density at radius 2 is 2.18 bits per heavy atom. The maximum absolute atomic E-state index is 11.8. The first-order valence-electron chi connectivity index (χ1n) is 5.91. The predicted molar refractivity (Wildman–Crippen MR) is 64.8 cm³/mol. The minimum absolute atomic E-state index is 0.165. The highest BCUT2D eigenvalue weighted by Crippen LogP contribution is 2.20. The van der Waals surface area contributed by atoms with Crippen LogP contribution in [-0.4, -0.2) is 41.6 Å². The number of nitrogens with zero attached hydrogens (tertiary/aromatic N) is 1. The average molecular weight is 240 g/mol. The molecule has 1 atom stereocenters. The largest absolute Gasteiger partial charge is 0.481 e. The van der Waals surface area contributed by atoms with Crippen LogP contribution in [0.15, 0.2) is 12.2 Å². The summed E-state index contributed by atoms with van der Waals surface area (Å²) in [4.78, 5) is 24.5. The van der Waals surface area contributed by atoms with E-state index in [9.17, 15) is 9.59 Å². The van der Waals surface area contributed by atoms with Gasteiger partial charge in [0.2, 0.25) is 0 Å². The molecule has 0 aromatic carbocycles. The van der Waals surface area contributed by atoms with E-state index in [-0.39, 0.29) is 12.6 Å². The first-order valence-corrected chi connectivity index (χ1v) is 5.91. The molecule has 5 heteroatoms. The summed E-state index contributed by atoms with van der Waals surface area (Å²) >= 11 is 0. The van der Waals surface area contributed by atoms with Crippen LogP contribution >= 0.6 is 0 Å². The Balaban J connectivity index is 2.46. The second-order valence-corrected chi connectivity index (χ2v) is 4.58. The van der Waals surface area contributed by atoms with Crippen LogP contribution in [0.1, 0.15) is 26.7 Å². The van der Waals surface area contributed by atoms with Gasteiger partial charge in [-0.15, -0.1) is 0 Å². The molecule has 1 aliphatic rings. The Morgan fingerprint density at radius 3 is 2.65 bits per heavy atom. The highest BCUT2D eigenvalue weighted by molar-refractivity contribution is 5.78. The summed E-state index contributed by atoms with van der Waals surface area (Å²) < 4.78 is 0. The molecule has 0 saturated heterocycles. The summed E-state index contributed by atoms with van der Waals surface area (Å²) in [6, 6.07) is -0.185. The zero-order valence-electron chi connectivity index (χ0n) is 10.4. The molecule has 2 amide bonds. The van der Waals surface area contributed by atoms with Crippen LogP contribution in [0.2, 0.25) is 0 Å². The van der Waals surface area contributed by atoms with Crippen molar-refractivity contribution in [2.45, 2.75) is 26.7 Å². The van der Waals surface area contributed by atoms with Crippen LogP contribution in [-0.2, 0) is 4.79 Å². The van der Waals surface area contributed by atoms with Gasteiger partial charge in [0.25, 0.3) is 0 Å². The Labute approximate surface area is 101 Å². The lowest BCUT2D eigenvalue weighted by Crippen LogP contribution is -2.47. The molecule has 0 bridgehead atoms. The number of carboxylic acids is 1. The third kappa shape index (κ3) is 3.47. The number of urea groups is 1. The third-order valence-corrected chi connectivity index (χ3v) is 3.27. The van der Waals surface area contributed by atoms with Gasteiger partial charge < -0.3 is 15.3 Å². The number of aliphatic carboxylic acids is 1. The monoisotopic (exact) mass is 240 g/mol. The normalized spacial score (nSPS) is 18.6. The zero-order valence-corrected chi connectivity index (χ0v) is 10.4. The smallest absolute Gasteiger partial charge is 0.317 e. The van der Waals surface area contributed by atoms with Crippen LogP contribution in [0.3, 0.4) is 0 Å². The van der Waals surface area contributed by atoms with Gasteiger partial charge in [-0.3, -0.25) is 4.79 Å². The van der Waals surface area contributed by atoms with Crippen molar-refractivity contribution in [1.29, 1.82) is 0 Å². The summed E-state index contributed by atoms with van der Waals surface area (Å²) in [5.74, 6) is -0.876. The van der Waals surface area contributed by atoms with Gasteiger partial charge in [-0.1, -0.05) is 19.1 Å². The first-order chi connectivity index (χ1) is 7.99. The van der Waals surface area contributed by atoms with Gasteiger partial charge in [-0.2, -0.15) is 0 Å². The Morgan fingerprint density at radius 1 is 1.47 bits per heavy atom. The highest BCUT2D eigenvalue weighted by atomic mass is 16.4. The first kappa shape index (κ1) is 13.5. The van der Waals surface area contributed by atoms with E-state index in [1.165, 1.54) is 0 Å². The lowest BCUT2D eigenvalue weighted by molar-refractivity contribution is -0.147. The van der Waals surface area contributed by atoms with Crippen molar-refractivity contribution in [3.05, 3.63) is 12.2 Å². The molecule has 0 aliphatic carbocycles. The molecule has 5 nitrogen and oxygen atoms in total. The maximum Gasteiger partial charge on any atom is 0.317 e. The van der Waals surface area contributed by atoms with E-state index in [0.717, 1.165) is 6.42 Å². The summed E-state index contributed by atoms with van der Waals surface area (Å²) in [6.45, 7) is 4.91. The number of rotatable bonds is 4. The molecule has 0 aromatic heterocycles. The molecule has 1 unspecified atom stereocenters. The minimum Gasteiger partial charge on any atom is -0.481 e. The lowest BCUT2D eigenvalue weighted by Gasteiger charge is -2.27. The van der Waals surface area contributed by atoms with Gasteiger partial charge >= 0.3 is 12.0 Å². The molecule has 1 rings (SSSR count). The molecular formula is C12H20N2O3. The van der Waals surface area contributed by atoms with Gasteiger partial charge in [0, 0.05) is 19.6 Å². The molecule has 0 saturated carbocycles. The van der Waals surface area contributed by atoms with Crippen molar-refractivity contribution in [1.82, 2.24) is 10.2 Å². The van der Waals surface area contributed by atoms with Crippen molar-refractivity contribution in [3.8, 4) is 0 Å². The van der Waals surface area contributed by atoms with Gasteiger partial charge in [-0.05, 0) is 19.8 Å². The molecule has 0 fully saturated rings. The van der Waals surface area contributed by atoms with Gasteiger partial charge in [0.15, 0.2) is 0 Å². The van der Waals surface area contributed by atoms with Gasteiger partial charge in [0.05, 0.1) is 5.41 Å². The fourth-order valence-corrected chi connectivity index (χ4v) is 1.56. The van der Waals surface area contributed by atoms with E-state index >= 15 is 0 Å². The molecule has 17 heavy (non-hydrogen) atoms. The fourth-order valence-electron chi connectivity index (χ4n) is 1.56. The summed E-state index contributed by atoms with van der Waals surface area (Å²) in [5.41, 5.74) is -0.888. The minimum atomic E-state index is -0.888. The second-order valence-electron chi connectivity index (χ2n) is 4.58. The molecule has 96 valence electrons. The molecule has 1 heterocycles. The third-order valence-electron chi connectivity index (χ3n) is 3.27. The molecule has 2 N–H and O–H groups in total. The van der Waals surface area contributed by atoms with Gasteiger partial charge in [-0.25, -0.2) is 4.79 Å². The maximum atomic E-state index is 11.8. The number of amides is 2. The van der Waals surface area contributed by atoms with E-state index in [2.05, 4.69) is 5.32 Å². The van der Waals surface area contributed by atoms with Crippen LogP contribution in [0.25, 0.3) is 0 Å². The predicted octanol–water partition coefficient (Wildman–Crippen LogP) is 1.46. The molecule has 0 aromatic rings. The number of nitrogens with one attached hydrogen (secondary N) is 1. The fraction of sp³-hybridized carbons (Fsp3) is 0.667. The van der Waals surface area contributed by atoms with Crippen LogP contribution in [0.5, 0.6) is 0 Å². The summed E-state index contributed by atoms with van der Waals surface area (Å²) in [5, 5.41) is 11.8. The summed E-state index contributed by atoms with van der Waals surface area (Å²) in [7, 11) is 0. The van der Waals surface area contributed by atoms with Crippen molar-refractivity contribution < 1.29 is 14.7 Å². The molecule has 0 radical (unpaired) electrons. The topological polar surface area (TPSA) is 69.6 Å². The second kappa shape index (κ2) is 5.70. The SMILES string of the molecule is CCC(C)(CNC(=O)N1CC=CCC1)C(=O)O. The quantitative estimate of drug-likeness (QED) is 0.731. The highest BCUT2D eigenvalue weighted by Gasteiger charge is 2.31. The van der Waals surface area contributed by atoms with Crippen LogP contribution < -0.4 is 5.32 Å². The van der Waals surface area contributed by atoms with E-state index in [1.54, 1.807) is 11.8 Å². The van der Waals surface area contributed by atoms with Crippen LogP contribution in [0.4, 0.5) is 4.79 Å². The van der Waals surface area contributed by atoms with E-state index in [1.807, 2.05) is 19.1 Å². The molecule has 0 spiro atoms. The average Bonchev–Trinajstić information content (AvgIpc) is 2.36. The Bertz CT molecular complexity index is 328. The van der Waals surface area contributed by atoms with Crippen molar-refractivity contribution >= 4 is 12.0 Å². The number of carboxylic acid groups (broad SMARTS) is 1. The summed E-state index contributed by atoms with van der Waals surface area (Å²) in [6.07, 6.45) is 5.33. The number of carbonyl (C=O) groups is 2. The van der Waals surface area contributed by atoms with Crippen molar-refractivity contribution in [3.63, 3.8) is 0 Å².